The van der Waals surface area contributed by atoms with Crippen molar-refractivity contribution in [2.45, 2.75) is 31.8 Å². The number of methoxy groups -OCH3 is 1. The number of hydrogen-bond donors (Lipinski definition) is 0. The fourth-order valence-corrected chi connectivity index (χ4v) is 2.58. The lowest BCUT2D eigenvalue weighted by Crippen LogP contribution is -2.11. The van der Waals surface area contributed by atoms with Gasteiger partial charge < -0.3 is 9.47 Å². The predicted molar refractivity (Wildman–Crippen MR) is 76.9 cm³/mol. The van der Waals surface area contributed by atoms with Gasteiger partial charge in [-0.05, 0) is 43.4 Å². The third kappa shape index (κ3) is 2.74. The van der Waals surface area contributed by atoms with Crippen molar-refractivity contribution >= 4 is 0 Å². The number of rotatable bonds is 4. The van der Waals surface area contributed by atoms with E-state index in [4.69, 9.17) is 9.47 Å². The van der Waals surface area contributed by atoms with E-state index >= 15 is 0 Å². The monoisotopic (exact) mass is 270 g/mol. The molecule has 20 heavy (non-hydrogen) atoms. The van der Waals surface area contributed by atoms with Gasteiger partial charge in [0.05, 0.1) is 13.2 Å². The molecule has 0 unspecified atom stereocenters. The van der Waals surface area contributed by atoms with Gasteiger partial charge in [0.15, 0.2) is 11.5 Å². The van der Waals surface area contributed by atoms with Crippen LogP contribution in [0, 0.1) is 0 Å². The van der Waals surface area contributed by atoms with E-state index in [9.17, 15) is 0 Å². The zero-order valence-corrected chi connectivity index (χ0v) is 11.6. The number of nitrogens with zero attached hydrogens (tertiary/aromatic N) is 2. The van der Waals surface area contributed by atoms with Crippen LogP contribution >= 0.6 is 0 Å². The van der Waals surface area contributed by atoms with Crippen LogP contribution in [0.4, 0.5) is 0 Å². The molecule has 2 aromatic rings. The van der Waals surface area contributed by atoms with Crippen LogP contribution < -0.4 is 9.47 Å². The molecular weight excluding hydrogens is 252 g/mol. The molecule has 0 atom stereocenters. The Hall–Kier alpha value is -2.10. The summed E-state index contributed by atoms with van der Waals surface area (Å²) in [5.41, 5.74) is 2.02. The van der Waals surface area contributed by atoms with Crippen LogP contribution in [0.2, 0.25) is 0 Å². The highest BCUT2D eigenvalue weighted by atomic mass is 16.5. The Morgan fingerprint density at radius 1 is 1.00 bits per heavy atom. The zero-order chi connectivity index (χ0) is 13.8. The number of benzene rings is 1. The van der Waals surface area contributed by atoms with Gasteiger partial charge in [0.1, 0.15) is 6.33 Å². The second kappa shape index (κ2) is 5.90. The summed E-state index contributed by atoms with van der Waals surface area (Å²) in [6, 6.07) is 5.95. The number of aromatic nitrogens is 2. The molecule has 1 aliphatic carbocycles. The second-order valence-corrected chi connectivity index (χ2v) is 5.02. The maximum Gasteiger partial charge on any atom is 0.162 e. The molecule has 104 valence electrons. The Morgan fingerprint density at radius 2 is 1.75 bits per heavy atom. The largest absolute Gasteiger partial charge is 0.493 e. The topological polar surface area (TPSA) is 44.2 Å². The van der Waals surface area contributed by atoms with Crippen LogP contribution in [0.3, 0.4) is 0 Å². The van der Waals surface area contributed by atoms with Crippen molar-refractivity contribution in [3.63, 3.8) is 0 Å². The maximum atomic E-state index is 6.09. The van der Waals surface area contributed by atoms with Gasteiger partial charge in [0.25, 0.3) is 0 Å². The van der Waals surface area contributed by atoms with Crippen molar-refractivity contribution in [2.24, 2.45) is 0 Å². The van der Waals surface area contributed by atoms with Crippen LogP contribution in [0.25, 0.3) is 11.1 Å². The molecule has 4 heteroatoms. The lowest BCUT2D eigenvalue weighted by Gasteiger charge is -2.16. The molecule has 1 heterocycles. The van der Waals surface area contributed by atoms with Gasteiger partial charge in [-0.3, -0.25) is 0 Å². The van der Waals surface area contributed by atoms with E-state index in [1.807, 2.05) is 18.2 Å². The Bertz CT molecular complexity index is 566. The molecule has 0 saturated heterocycles. The van der Waals surface area contributed by atoms with Crippen molar-refractivity contribution in [2.75, 3.05) is 7.11 Å². The molecular formula is C16H18N2O2. The summed E-state index contributed by atoms with van der Waals surface area (Å²) in [5.74, 6) is 1.58. The highest BCUT2D eigenvalue weighted by Crippen LogP contribution is 2.35. The molecule has 1 fully saturated rings. The first-order valence-corrected chi connectivity index (χ1v) is 6.97. The molecule has 0 amide bonds. The Balaban J connectivity index is 1.90. The average molecular weight is 270 g/mol. The zero-order valence-electron chi connectivity index (χ0n) is 11.6. The molecule has 0 bridgehead atoms. The van der Waals surface area contributed by atoms with Gasteiger partial charge in [0.2, 0.25) is 0 Å². The smallest absolute Gasteiger partial charge is 0.162 e. The van der Waals surface area contributed by atoms with E-state index < -0.39 is 0 Å². The standard InChI is InChI=1S/C16H18N2O2/c1-19-15-7-6-12(13-9-17-11-18-10-13)8-16(15)20-14-4-2-3-5-14/h6-11,14H,2-5H2,1H3. The molecule has 0 radical (unpaired) electrons. The molecule has 0 aliphatic heterocycles. The summed E-state index contributed by atoms with van der Waals surface area (Å²) in [4.78, 5) is 8.11. The fraction of sp³-hybridized carbons (Fsp3) is 0.375. The maximum absolute atomic E-state index is 6.09. The highest BCUT2D eigenvalue weighted by molar-refractivity contribution is 5.65. The average Bonchev–Trinajstić information content (AvgIpc) is 3.01. The Labute approximate surface area is 118 Å². The number of ether oxygens (including phenoxy) is 2. The summed E-state index contributed by atoms with van der Waals surface area (Å²) in [5, 5.41) is 0. The minimum atomic E-state index is 0.311. The molecule has 3 rings (SSSR count). The molecule has 1 aromatic heterocycles. The lowest BCUT2D eigenvalue weighted by atomic mass is 10.1. The fourth-order valence-electron chi connectivity index (χ4n) is 2.58. The highest BCUT2D eigenvalue weighted by Gasteiger charge is 2.18. The second-order valence-electron chi connectivity index (χ2n) is 5.02. The van der Waals surface area contributed by atoms with Gasteiger partial charge in [0, 0.05) is 18.0 Å². The van der Waals surface area contributed by atoms with Gasteiger partial charge in [-0.1, -0.05) is 6.07 Å². The van der Waals surface area contributed by atoms with Crippen LogP contribution in [0.1, 0.15) is 25.7 Å². The molecule has 1 aliphatic rings. The van der Waals surface area contributed by atoms with Gasteiger partial charge in [-0.25, -0.2) is 9.97 Å². The molecule has 0 spiro atoms. The van der Waals surface area contributed by atoms with E-state index in [1.54, 1.807) is 19.5 Å². The first-order valence-electron chi connectivity index (χ1n) is 6.97. The van der Waals surface area contributed by atoms with Crippen LogP contribution in [-0.4, -0.2) is 23.2 Å². The minimum Gasteiger partial charge on any atom is -0.493 e. The van der Waals surface area contributed by atoms with E-state index in [0.29, 0.717) is 6.10 Å². The van der Waals surface area contributed by atoms with Gasteiger partial charge in [-0.15, -0.1) is 0 Å². The summed E-state index contributed by atoms with van der Waals surface area (Å²) in [7, 11) is 1.67. The third-order valence-electron chi connectivity index (χ3n) is 3.65. The van der Waals surface area contributed by atoms with Crippen LogP contribution in [0.5, 0.6) is 11.5 Å². The molecule has 4 nitrogen and oxygen atoms in total. The van der Waals surface area contributed by atoms with Crippen LogP contribution in [-0.2, 0) is 0 Å². The van der Waals surface area contributed by atoms with Crippen molar-refractivity contribution < 1.29 is 9.47 Å². The van der Waals surface area contributed by atoms with Crippen molar-refractivity contribution in [3.05, 3.63) is 36.9 Å². The van der Waals surface area contributed by atoms with Gasteiger partial charge in [-0.2, -0.15) is 0 Å². The molecule has 1 aromatic carbocycles. The van der Waals surface area contributed by atoms with Crippen LogP contribution in [0.15, 0.2) is 36.9 Å². The van der Waals surface area contributed by atoms with E-state index in [0.717, 1.165) is 35.5 Å². The SMILES string of the molecule is COc1ccc(-c2cncnc2)cc1OC1CCCC1. The third-order valence-corrected chi connectivity index (χ3v) is 3.65. The lowest BCUT2D eigenvalue weighted by molar-refractivity contribution is 0.201. The van der Waals surface area contributed by atoms with Crippen molar-refractivity contribution in [1.29, 1.82) is 0 Å². The normalized spacial score (nSPS) is 15.2. The number of hydrogen-bond acceptors (Lipinski definition) is 4. The first kappa shape index (κ1) is 12.9. The van der Waals surface area contributed by atoms with Crippen molar-refractivity contribution in [1.82, 2.24) is 9.97 Å². The quantitative estimate of drug-likeness (QED) is 0.853. The van der Waals surface area contributed by atoms with E-state index in [1.165, 1.54) is 19.2 Å². The van der Waals surface area contributed by atoms with Crippen molar-refractivity contribution in [3.8, 4) is 22.6 Å². The van der Waals surface area contributed by atoms with Gasteiger partial charge >= 0.3 is 0 Å². The Morgan fingerprint density at radius 3 is 2.45 bits per heavy atom. The summed E-state index contributed by atoms with van der Waals surface area (Å²) in [6.45, 7) is 0. The predicted octanol–water partition coefficient (Wildman–Crippen LogP) is 3.47. The minimum absolute atomic E-state index is 0.311. The summed E-state index contributed by atoms with van der Waals surface area (Å²) in [6.07, 6.45) is 10.2. The molecule has 1 saturated carbocycles. The molecule has 0 N–H and O–H groups in total. The van der Waals surface area contributed by atoms with E-state index in [-0.39, 0.29) is 0 Å². The summed E-state index contributed by atoms with van der Waals surface area (Å²) >= 11 is 0. The van der Waals surface area contributed by atoms with E-state index in [2.05, 4.69) is 9.97 Å². The summed E-state index contributed by atoms with van der Waals surface area (Å²) < 4.78 is 11.5. The first-order chi connectivity index (χ1) is 9.86. The Kier molecular flexibility index (Phi) is 3.81.